The minimum atomic E-state index is -1.14. The Kier molecular flexibility index (Phi) is 6.06. The van der Waals surface area contributed by atoms with Crippen molar-refractivity contribution in [3.63, 3.8) is 0 Å². The largest absolute Gasteiger partial charge is 0.370 e. The SMILES string of the molecule is O=C(NCCC(=O)ON1C(=O)CCC1O)NCCN1C(=O)C=CC1=O. The van der Waals surface area contributed by atoms with Crippen molar-refractivity contribution in [3.8, 4) is 0 Å². The van der Waals surface area contributed by atoms with Gasteiger partial charge in [-0.2, -0.15) is 0 Å². The number of rotatable bonds is 7. The fourth-order valence-electron chi connectivity index (χ4n) is 2.19. The maximum Gasteiger partial charge on any atom is 0.334 e. The van der Waals surface area contributed by atoms with E-state index in [-0.39, 0.29) is 38.9 Å². The lowest BCUT2D eigenvalue weighted by atomic mass is 10.4. The second-order valence-electron chi connectivity index (χ2n) is 5.30. The van der Waals surface area contributed by atoms with E-state index in [0.717, 1.165) is 17.1 Å². The predicted octanol–water partition coefficient (Wildman–Crippen LogP) is -2.00. The first kappa shape index (κ1) is 18.4. The third-order valence-corrected chi connectivity index (χ3v) is 3.47. The van der Waals surface area contributed by atoms with Gasteiger partial charge in [0.1, 0.15) is 0 Å². The molecule has 11 nitrogen and oxygen atoms in total. The van der Waals surface area contributed by atoms with Crippen molar-refractivity contribution in [2.45, 2.75) is 25.5 Å². The van der Waals surface area contributed by atoms with E-state index in [1.807, 2.05) is 0 Å². The van der Waals surface area contributed by atoms with Crippen LogP contribution in [0.15, 0.2) is 12.2 Å². The second-order valence-corrected chi connectivity index (χ2v) is 5.30. The topological polar surface area (TPSA) is 145 Å². The summed E-state index contributed by atoms with van der Waals surface area (Å²) in [5.41, 5.74) is 0. The summed E-state index contributed by atoms with van der Waals surface area (Å²) in [5.74, 6) is -2.12. The highest BCUT2D eigenvalue weighted by molar-refractivity contribution is 6.12. The van der Waals surface area contributed by atoms with Gasteiger partial charge in [-0.05, 0) is 0 Å². The van der Waals surface area contributed by atoms with Crippen LogP contribution in [0.25, 0.3) is 0 Å². The molecule has 1 fully saturated rings. The van der Waals surface area contributed by atoms with E-state index in [9.17, 15) is 29.1 Å². The fraction of sp³-hybridized carbons (Fsp3) is 0.500. The summed E-state index contributed by atoms with van der Waals surface area (Å²) in [4.78, 5) is 62.7. The second kappa shape index (κ2) is 8.24. The van der Waals surface area contributed by atoms with Gasteiger partial charge in [0, 0.05) is 44.6 Å². The van der Waals surface area contributed by atoms with Crippen molar-refractivity contribution in [2.24, 2.45) is 0 Å². The van der Waals surface area contributed by atoms with Gasteiger partial charge in [0.05, 0.1) is 6.42 Å². The van der Waals surface area contributed by atoms with Gasteiger partial charge in [-0.15, -0.1) is 5.06 Å². The number of carbonyl (C=O) groups is 5. The first-order valence-corrected chi connectivity index (χ1v) is 7.64. The molecule has 11 heteroatoms. The van der Waals surface area contributed by atoms with Crippen LogP contribution in [0.1, 0.15) is 19.3 Å². The number of nitrogens with one attached hydrogen (secondary N) is 2. The van der Waals surface area contributed by atoms with Crippen molar-refractivity contribution in [1.29, 1.82) is 0 Å². The Balaban J connectivity index is 1.57. The van der Waals surface area contributed by atoms with Crippen LogP contribution < -0.4 is 10.6 Å². The molecule has 2 rings (SSSR count). The number of aliphatic hydroxyl groups is 1. The van der Waals surface area contributed by atoms with Gasteiger partial charge in [0.2, 0.25) is 0 Å². The maximum atomic E-state index is 11.5. The standard InChI is InChI=1S/C14H18N4O7/c19-9-1-2-10(20)17(9)8-7-16-14(24)15-6-5-13(23)25-18-11(21)3-4-12(18)22/h1-2,11,21H,3-8H2,(H2,15,16,24). The molecule has 5 amide bonds. The first-order chi connectivity index (χ1) is 11.9. The number of aliphatic hydroxyl groups excluding tert-OH is 1. The predicted molar refractivity (Wildman–Crippen MR) is 80.1 cm³/mol. The Morgan fingerprint density at radius 2 is 1.80 bits per heavy atom. The molecular weight excluding hydrogens is 336 g/mol. The number of hydrogen-bond acceptors (Lipinski definition) is 7. The van der Waals surface area contributed by atoms with Crippen LogP contribution in [0.3, 0.4) is 0 Å². The quantitative estimate of drug-likeness (QED) is 0.448. The van der Waals surface area contributed by atoms with Crippen molar-refractivity contribution < 1.29 is 33.9 Å². The summed E-state index contributed by atoms with van der Waals surface area (Å²) in [5, 5.41) is 14.9. The van der Waals surface area contributed by atoms with Crippen LogP contribution in [0.5, 0.6) is 0 Å². The minimum absolute atomic E-state index is 0.0368. The van der Waals surface area contributed by atoms with Crippen molar-refractivity contribution in [1.82, 2.24) is 20.6 Å². The molecule has 136 valence electrons. The Morgan fingerprint density at radius 1 is 1.16 bits per heavy atom. The summed E-state index contributed by atoms with van der Waals surface area (Å²) in [6, 6.07) is -0.586. The van der Waals surface area contributed by atoms with Gasteiger partial charge in [0.15, 0.2) is 6.23 Å². The number of nitrogens with zero attached hydrogens (tertiary/aromatic N) is 2. The van der Waals surface area contributed by atoms with E-state index in [1.54, 1.807) is 0 Å². The summed E-state index contributed by atoms with van der Waals surface area (Å²) in [6.07, 6.45) is 1.26. The highest BCUT2D eigenvalue weighted by atomic mass is 16.7. The van der Waals surface area contributed by atoms with Crippen molar-refractivity contribution >= 4 is 29.7 Å². The molecule has 0 aromatic carbocycles. The number of hydrogen-bond donors (Lipinski definition) is 3. The molecule has 0 aliphatic carbocycles. The summed E-state index contributed by atoms with van der Waals surface area (Å²) < 4.78 is 0. The van der Waals surface area contributed by atoms with Crippen LogP contribution in [0.4, 0.5) is 4.79 Å². The molecule has 0 aromatic rings. The monoisotopic (exact) mass is 354 g/mol. The fourth-order valence-corrected chi connectivity index (χ4v) is 2.19. The smallest absolute Gasteiger partial charge is 0.334 e. The molecule has 1 saturated heterocycles. The Hall–Kier alpha value is -2.95. The molecule has 0 radical (unpaired) electrons. The van der Waals surface area contributed by atoms with Crippen molar-refractivity contribution in [3.05, 3.63) is 12.2 Å². The van der Waals surface area contributed by atoms with Crippen LogP contribution in [-0.4, -0.2) is 70.7 Å². The Morgan fingerprint density at radius 3 is 2.40 bits per heavy atom. The number of carbonyl (C=O) groups excluding carboxylic acids is 5. The van der Waals surface area contributed by atoms with Crippen LogP contribution in [-0.2, 0) is 24.0 Å². The molecule has 0 bridgehead atoms. The number of urea groups is 1. The van der Waals surface area contributed by atoms with Gasteiger partial charge in [-0.1, -0.05) is 0 Å². The third kappa shape index (κ3) is 5.01. The lowest BCUT2D eigenvalue weighted by molar-refractivity contribution is -0.220. The average molecular weight is 354 g/mol. The third-order valence-electron chi connectivity index (χ3n) is 3.47. The molecule has 1 unspecified atom stereocenters. The van der Waals surface area contributed by atoms with Gasteiger partial charge in [-0.3, -0.25) is 19.3 Å². The van der Waals surface area contributed by atoms with E-state index < -0.39 is 35.9 Å². The minimum Gasteiger partial charge on any atom is -0.370 e. The van der Waals surface area contributed by atoms with E-state index in [2.05, 4.69) is 10.6 Å². The molecule has 3 N–H and O–H groups in total. The summed E-state index contributed by atoms with van der Waals surface area (Å²) >= 11 is 0. The molecular formula is C14H18N4O7. The lowest BCUT2D eigenvalue weighted by Gasteiger charge is -2.18. The zero-order valence-electron chi connectivity index (χ0n) is 13.3. The number of imide groups is 1. The van der Waals surface area contributed by atoms with Crippen LogP contribution in [0, 0.1) is 0 Å². The molecule has 2 heterocycles. The van der Waals surface area contributed by atoms with Gasteiger partial charge in [0.25, 0.3) is 17.7 Å². The molecule has 0 aromatic heterocycles. The lowest BCUT2D eigenvalue weighted by Crippen LogP contribution is -2.42. The van der Waals surface area contributed by atoms with Crippen LogP contribution in [0.2, 0.25) is 0 Å². The van der Waals surface area contributed by atoms with Crippen molar-refractivity contribution in [2.75, 3.05) is 19.6 Å². The molecule has 0 saturated carbocycles. The van der Waals surface area contributed by atoms with Gasteiger partial charge >= 0.3 is 12.0 Å². The van der Waals surface area contributed by atoms with Gasteiger partial charge < -0.3 is 20.6 Å². The molecule has 0 spiro atoms. The normalized spacial score (nSPS) is 19.6. The zero-order chi connectivity index (χ0) is 18.4. The average Bonchev–Trinajstić information content (AvgIpc) is 3.04. The number of hydroxylamine groups is 2. The molecule has 2 aliphatic rings. The molecule has 25 heavy (non-hydrogen) atoms. The van der Waals surface area contributed by atoms with Gasteiger partial charge in [-0.25, -0.2) is 9.59 Å². The highest BCUT2D eigenvalue weighted by Gasteiger charge is 2.32. The summed E-state index contributed by atoms with van der Waals surface area (Å²) in [6.45, 7) is 0.0466. The zero-order valence-corrected chi connectivity index (χ0v) is 13.3. The molecule has 2 aliphatic heterocycles. The van der Waals surface area contributed by atoms with E-state index in [1.165, 1.54) is 0 Å². The highest BCUT2D eigenvalue weighted by Crippen LogP contribution is 2.16. The van der Waals surface area contributed by atoms with E-state index in [4.69, 9.17) is 4.84 Å². The Labute approximate surface area is 142 Å². The summed E-state index contributed by atoms with van der Waals surface area (Å²) in [7, 11) is 0. The Bertz CT molecular complexity index is 600. The van der Waals surface area contributed by atoms with Crippen LogP contribution >= 0.6 is 0 Å². The van der Waals surface area contributed by atoms with E-state index >= 15 is 0 Å². The van der Waals surface area contributed by atoms with E-state index in [0.29, 0.717) is 5.06 Å². The number of amides is 5. The maximum absolute atomic E-state index is 11.5. The molecule has 1 atom stereocenters. The first-order valence-electron chi connectivity index (χ1n) is 7.64.